The predicted molar refractivity (Wildman–Crippen MR) is 63.1 cm³/mol. The van der Waals surface area contributed by atoms with Crippen molar-refractivity contribution in [3.63, 3.8) is 0 Å². The van der Waals surface area contributed by atoms with E-state index in [1.54, 1.807) is 6.20 Å². The summed E-state index contributed by atoms with van der Waals surface area (Å²) in [6.07, 6.45) is 1.75. The Labute approximate surface area is 89.0 Å². The number of hydrogen-bond acceptors (Lipinski definition) is 3. The molecule has 0 amide bonds. The fourth-order valence-electron chi connectivity index (χ4n) is 1.39. The van der Waals surface area contributed by atoms with Crippen molar-refractivity contribution in [1.29, 1.82) is 0 Å². The maximum absolute atomic E-state index is 5.58. The molecule has 0 aliphatic rings. The fourth-order valence-corrected chi connectivity index (χ4v) is 1.39. The van der Waals surface area contributed by atoms with E-state index in [2.05, 4.69) is 10.3 Å². The molecule has 3 heteroatoms. The van der Waals surface area contributed by atoms with Crippen LogP contribution < -0.4 is 11.1 Å². The summed E-state index contributed by atoms with van der Waals surface area (Å²) in [5.74, 6) is 0.547. The fraction of sp³-hybridized carbons (Fsp3) is 0.0833. The summed E-state index contributed by atoms with van der Waals surface area (Å²) in [7, 11) is 0. The summed E-state index contributed by atoms with van der Waals surface area (Å²) in [5.41, 5.74) is 8.70. The molecule has 15 heavy (non-hydrogen) atoms. The Morgan fingerprint density at radius 3 is 2.60 bits per heavy atom. The lowest BCUT2D eigenvalue weighted by Gasteiger charge is -2.08. The summed E-state index contributed by atoms with van der Waals surface area (Å²) in [6, 6.07) is 11.8. The first-order valence-electron chi connectivity index (χ1n) is 4.80. The van der Waals surface area contributed by atoms with Gasteiger partial charge in [0.05, 0.1) is 11.9 Å². The first-order valence-corrected chi connectivity index (χ1v) is 4.80. The highest BCUT2D eigenvalue weighted by Crippen LogP contribution is 2.20. The van der Waals surface area contributed by atoms with Crippen molar-refractivity contribution in [3.8, 4) is 0 Å². The zero-order chi connectivity index (χ0) is 10.7. The van der Waals surface area contributed by atoms with Gasteiger partial charge < -0.3 is 11.1 Å². The second kappa shape index (κ2) is 4.00. The van der Waals surface area contributed by atoms with Crippen LogP contribution in [0.5, 0.6) is 0 Å². The number of pyridine rings is 1. The topological polar surface area (TPSA) is 50.9 Å². The van der Waals surface area contributed by atoms with Crippen molar-refractivity contribution in [3.05, 3.63) is 48.2 Å². The maximum atomic E-state index is 5.58. The van der Waals surface area contributed by atoms with Crippen LogP contribution in [0.15, 0.2) is 42.6 Å². The molecule has 0 bridgehead atoms. The third-order valence-electron chi connectivity index (χ3n) is 2.18. The molecule has 3 N–H and O–H groups in total. The molecule has 0 saturated carbocycles. The molecule has 0 fully saturated rings. The Balaban J connectivity index is 2.25. The van der Waals surface area contributed by atoms with Gasteiger partial charge in [0.15, 0.2) is 0 Å². The quantitative estimate of drug-likeness (QED) is 0.781. The van der Waals surface area contributed by atoms with Gasteiger partial charge in [0.25, 0.3) is 0 Å². The molecule has 0 spiro atoms. The Hall–Kier alpha value is -2.03. The van der Waals surface area contributed by atoms with E-state index in [-0.39, 0.29) is 0 Å². The number of nitrogen functional groups attached to an aromatic ring is 1. The molecule has 1 aromatic carbocycles. The highest BCUT2D eigenvalue weighted by molar-refractivity contribution is 5.63. The molecular formula is C12H13N3. The molecular weight excluding hydrogens is 186 g/mol. The zero-order valence-electron chi connectivity index (χ0n) is 8.57. The van der Waals surface area contributed by atoms with E-state index < -0.39 is 0 Å². The summed E-state index contributed by atoms with van der Waals surface area (Å²) in [4.78, 5) is 4.05. The van der Waals surface area contributed by atoms with Gasteiger partial charge >= 0.3 is 0 Å². The Morgan fingerprint density at radius 1 is 1.20 bits per heavy atom. The van der Waals surface area contributed by atoms with Crippen LogP contribution in [-0.4, -0.2) is 4.98 Å². The minimum Gasteiger partial charge on any atom is -0.384 e. The molecule has 0 aliphatic heterocycles. The predicted octanol–water partition coefficient (Wildman–Crippen LogP) is 2.72. The van der Waals surface area contributed by atoms with Gasteiger partial charge in [-0.25, -0.2) is 4.98 Å². The molecule has 0 unspecified atom stereocenters. The van der Waals surface area contributed by atoms with E-state index in [4.69, 9.17) is 5.73 Å². The summed E-state index contributed by atoms with van der Waals surface area (Å²) in [5, 5.41) is 3.28. The number of nitrogens with zero attached hydrogens (tertiary/aromatic N) is 1. The summed E-state index contributed by atoms with van der Waals surface area (Å²) >= 11 is 0. The van der Waals surface area contributed by atoms with Gasteiger partial charge in [-0.15, -0.1) is 0 Å². The van der Waals surface area contributed by atoms with Crippen LogP contribution in [0.25, 0.3) is 0 Å². The van der Waals surface area contributed by atoms with Gasteiger partial charge in [0, 0.05) is 5.69 Å². The van der Waals surface area contributed by atoms with Crippen LogP contribution in [0.4, 0.5) is 17.2 Å². The van der Waals surface area contributed by atoms with Gasteiger partial charge in [-0.05, 0) is 30.7 Å². The molecule has 0 saturated heterocycles. The number of aromatic nitrogens is 1. The Kier molecular flexibility index (Phi) is 2.54. The number of nitrogens with two attached hydrogens (primary N) is 1. The van der Waals surface area contributed by atoms with Crippen LogP contribution in [-0.2, 0) is 0 Å². The van der Waals surface area contributed by atoms with E-state index in [9.17, 15) is 0 Å². The number of aryl methyl sites for hydroxylation is 1. The van der Waals surface area contributed by atoms with Gasteiger partial charge in [-0.2, -0.15) is 0 Å². The van der Waals surface area contributed by atoms with E-state index in [0.29, 0.717) is 5.82 Å². The number of para-hydroxylation sites is 1. The summed E-state index contributed by atoms with van der Waals surface area (Å²) in [6.45, 7) is 2.00. The van der Waals surface area contributed by atoms with Crippen molar-refractivity contribution in [2.24, 2.45) is 0 Å². The third-order valence-corrected chi connectivity index (χ3v) is 2.18. The van der Waals surface area contributed by atoms with Crippen molar-refractivity contribution >= 4 is 17.2 Å². The van der Waals surface area contributed by atoms with Crippen molar-refractivity contribution < 1.29 is 0 Å². The molecule has 2 aromatic rings. The average molecular weight is 199 g/mol. The molecule has 1 aromatic heterocycles. The normalized spacial score (nSPS) is 9.93. The second-order valence-electron chi connectivity index (χ2n) is 3.42. The van der Waals surface area contributed by atoms with Crippen LogP contribution in [0.1, 0.15) is 5.56 Å². The Morgan fingerprint density at radius 2 is 1.93 bits per heavy atom. The molecule has 3 nitrogen and oxygen atoms in total. The number of nitrogens with one attached hydrogen (secondary N) is 1. The van der Waals surface area contributed by atoms with Crippen molar-refractivity contribution in [2.45, 2.75) is 6.92 Å². The minimum atomic E-state index is 0.547. The third kappa shape index (κ3) is 2.26. The first kappa shape index (κ1) is 9.52. The van der Waals surface area contributed by atoms with Crippen LogP contribution in [0.3, 0.4) is 0 Å². The smallest absolute Gasteiger partial charge is 0.123 e. The molecule has 76 valence electrons. The number of hydrogen-bond donors (Lipinski definition) is 2. The highest BCUT2D eigenvalue weighted by Gasteiger charge is 1.99. The van der Waals surface area contributed by atoms with Gasteiger partial charge in [-0.3, -0.25) is 0 Å². The van der Waals surface area contributed by atoms with Crippen LogP contribution in [0.2, 0.25) is 0 Å². The lowest BCUT2D eigenvalue weighted by Crippen LogP contribution is -1.96. The number of benzene rings is 1. The van der Waals surface area contributed by atoms with Gasteiger partial charge in [0.2, 0.25) is 0 Å². The van der Waals surface area contributed by atoms with Crippen molar-refractivity contribution in [2.75, 3.05) is 11.1 Å². The molecule has 0 radical (unpaired) electrons. The molecule has 1 heterocycles. The maximum Gasteiger partial charge on any atom is 0.123 e. The number of anilines is 3. The van der Waals surface area contributed by atoms with E-state index in [0.717, 1.165) is 16.9 Å². The molecule has 0 atom stereocenters. The lowest BCUT2D eigenvalue weighted by atomic mass is 10.2. The van der Waals surface area contributed by atoms with Gasteiger partial charge in [0.1, 0.15) is 5.82 Å². The zero-order valence-corrected chi connectivity index (χ0v) is 8.57. The SMILES string of the molecule is Cc1cc(N)ncc1Nc1ccccc1. The Bertz CT molecular complexity index is 452. The second-order valence-corrected chi connectivity index (χ2v) is 3.42. The molecule has 2 rings (SSSR count). The largest absolute Gasteiger partial charge is 0.384 e. The van der Waals surface area contributed by atoms with E-state index in [1.165, 1.54) is 0 Å². The van der Waals surface area contributed by atoms with Gasteiger partial charge in [-0.1, -0.05) is 18.2 Å². The summed E-state index contributed by atoms with van der Waals surface area (Å²) < 4.78 is 0. The van der Waals surface area contributed by atoms with Crippen LogP contribution >= 0.6 is 0 Å². The lowest BCUT2D eigenvalue weighted by molar-refractivity contribution is 1.29. The minimum absolute atomic E-state index is 0.547. The number of rotatable bonds is 2. The molecule has 0 aliphatic carbocycles. The van der Waals surface area contributed by atoms with E-state index in [1.807, 2.05) is 43.3 Å². The monoisotopic (exact) mass is 199 g/mol. The van der Waals surface area contributed by atoms with Crippen LogP contribution in [0, 0.1) is 6.92 Å². The standard InChI is InChI=1S/C12H13N3/c1-9-7-12(13)14-8-11(9)15-10-5-3-2-4-6-10/h2-8,15H,1H3,(H2,13,14). The van der Waals surface area contributed by atoms with Crippen molar-refractivity contribution in [1.82, 2.24) is 4.98 Å². The first-order chi connectivity index (χ1) is 7.25. The highest BCUT2D eigenvalue weighted by atomic mass is 14.9. The average Bonchev–Trinajstić information content (AvgIpc) is 2.24. The van der Waals surface area contributed by atoms with E-state index >= 15 is 0 Å².